The quantitative estimate of drug-likeness (QED) is 0.561. The van der Waals surface area contributed by atoms with Gasteiger partial charge in [0.2, 0.25) is 5.91 Å². The van der Waals surface area contributed by atoms with Gasteiger partial charge in [0.15, 0.2) is 0 Å². The van der Waals surface area contributed by atoms with E-state index in [1.807, 2.05) is 17.0 Å². The summed E-state index contributed by atoms with van der Waals surface area (Å²) in [6.07, 6.45) is 5.18. The fraction of sp³-hybridized carbons (Fsp3) is 0.450. The van der Waals surface area contributed by atoms with Crippen molar-refractivity contribution in [2.45, 2.75) is 44.7 Å². The van der Waals surface area contributed by atoms with E-state index in [0.717, 1.165) is 24.8 Å². The molecule has 1 N–H and O–H groups in total. The van der Waals surface area contributed by atoms with Crippen LogP contribution in [0.15, 0.2) is 29.2 Å². The molecule has 2 unspecified atom stereocenters. The fourth-order valence-electron chi connectivity index (χ4n) is 3.65. The summed E-state index contributed by atoms with van der Waals surface area (Å²) in [5, 5.41) is 9.89. The molecule has 2 amide bonds. The Morgan fingerprint density at radius 1 is 1.46 bits per heavy atom. The zero-order valence-corrected chi connectivity index (χ0v) is 18.0. The van der Waals surface area contributed by atoms with Gasteiger partial charge < -0.3 is 10.0 Å². The van der Waals surface area contributed by atoms with Gasteiger partial charge in [-0.25, -0.2) is 0 Å². The van der Waals surface area contributed by atoms with E-state index in [9.17, 15) is 14.7 Å². The molecular weight excluding hydrogens is 416 g/mol. The summed E-state index contributed by atoms with van der Waals surface area (Å²) in [6, 6.07) is 6.58. The fourth-order valence-corrected chi connectivity index (χ4v) is 5.27. The number of amides is 2. The topological polar surface area (TPSA) is 60.9 Å². The second-order valence-corrected chi connectivity index (χ2v) is 9.09. The first-order chi connectivity index (χ1) is 13.4. The summed E-state index contributed by atoms with van der Waals surface area (Å²) in [5.74, 6) is -0.370. The molecule has 8 heteroatoms. The van der Waals surface area contributed by atoms with Gasteiger partial charge in [-0.1, -0.05) is 47.7 Å². The highest BCUT2D eigenvalue weighted by atomic mass is 35.5. The molecular formula is C20H23ClN2O3S2. The van der Waals surface area contributed by atoms with Crippen LogP contribution in [0.2, 0.25) is 5.02 Å². The predicted octanol–water partition coefficient (Wildman–Crippen LogP) is 3.69. The molecule has 0 radical (unpaired) electrons. The van der Waals surface area contributed by atoms with Crippen molar-refractivity contribution < 1.29 is 14.7 Å². The Labute approximate surface area is 179 Å². The molecule has 0 aliphatic carbocycles. The van der Waals surface area contributed by atoms with Crippen molar-refractivity contribution in [2.75, 3.05) is 13.2 Å². The number of piperidine rings is 1. The Bertz CT molecular complexity index is 812. The van der Waals surface area contributed by atoms with E-state index in [2.05, 4.69) is 0 Å². The van der Waals surface area contributed by atoms with Crippen molar-refractivity contribution >= 4 is 57.8 Å². The lowest BCUT2D eigenvalue weighted by Gasteiger charge is -2.38. The summed E-state index contributed by atoms with van der Waals surface area (Å²) in [4.78, 5) is 29.8. The van der Waals surface area contributed by atoms with Gasteiger partial charge in [0.25, 0.3) is 5.91 Å². The van der Waals surface area contributed by atoms with Crippen LogP contribution in [0.4, 0.5) is 0 Å². The highest BCUT2D eigenvalue weighted by Gasteiger charge is 2.40. The Balaban J connectivity index is 1.78. The molecule has 2 aliphatic heterocycles. The molecule has 2 fully saturated rings. The highest BCUT2D eigenvalue weighted by molar-refractivity contribution is 8.26. The Morgan fingerprint density at radius 3 is 2.96 bits per heavy atom. The van der Waals surface area contributed by atoms with Crippen LogP contribution in [0.25, 0.3) is 6.08 Å². The molecule has 2 saturated heterocycles. The minimum atomic E-state index is -0.669. The third kappa shape index (κ3) is 4.59. The normalized spacial score (nSPS) is 22.8. The Kier molecular flexibility index (Phi) is 7.15. The largest absolute Gasteiger partial charge is 0.396 e. The van der Waals surface area contributed by atoms with Crippen LogP contribution in [-0.2, 0) is 9.59 Å². The third-order valence-corrected chi connectivity index (χ3v) is 6.65. The minimum Gasteiger partial charge on any atom is -0.396 e. The molecule has 2 atom stereocenters. The number of thioether (sulfide) groups is 1. The van der Waals surface area contributed by atoms with E-state index in [1.54, 1.807) is 25.1 Å². The number of thiocarbonyl (C=S) groups is 1. The van der Waals surface area contributed by atoms with Gasteiger partial charge in [-0.3, -0.25) is 14.5 Å². The average molecular weight is 439 g/mol. The van der Waals surface area contributed by atoms with Crippen LogP contribution in [0.1, 0.15) is 38.2 Å². The van der Waals surface area contributed by atoms with E-state index in [-0.39, 0.29) is 24.5 Å². The van der Waals surface area contributed by atoms with E-state index in [0.29, 0.717) is 27.2 Å². The predicted molar refractivity (Wildman–Crippen MR) is 117 cm³/mol. The van der Waals surface area contributed by atoms with Gasteiger partial charge in [-0.2, -0.15) is 0 Å². The first-order valence-corrected chi connectivity index (χ1v) is 11.0. The molecule has 2 heterocycles. The van der Waals surface area contributed by atoms with Crippen LogP contribution >= 0.6 is 35.6 Å². The minimum absolute atomic E-state index is 0.0223. The van der Waals surface area contributed by atoms with Gasteiger partial charge in [0, 0.05) is 24.2 Å². The third-order valence-electron chi connectivity index (χ3n) is 5.09. The molecule has 0 bridgehead atoms. The lowest BCUT2D eigenvalue weighted by atomic mass is 9.98. The van der Waals surface area contributed by atoms with Crippen molar-refractivity contribution in [3.05, 3.63) is 39.8 Å². The van der Waals surface area contributed by atoms with Gasteiger partial charge in [0.05, 0.1) is 4.91 Å². The zero-order chi connectivity index (χ0) is 20.3. The zero-order valence-electron chi connectivity index (χ0n) is 15.6. The maximum atomic E-state index is 13.1. The number of carbonyl (C=O) groups excluding carboxylic acids is 2. The number of aliphatic hydroxyl groups excluding tert-OH is 1. The van der Waals surface area contributed by atoms with Crippen molar-refractivity contribution in [1.82, 2.24) is 9.80 Å². The van der Waals surface area contributed by atoms with E-state index in [1.165, 1.54) is 16.7 Å². The van der Waals surface area contributed by atoms with Gasteiger partial charge >= 0.3 is 0 Å². The SMILES string of the molecule is CC(C(=O)N1CCCCC1CCO)N1C(=O)C(=Cc2cccc(Cl)c2)SC1=S. The number of aliphatic hydroxyl groups is 1. The van der Waals surface area contributed by atoms with Crippen LogP contribution in [0.5, 0.6) is 0 Å². The standard InChI is InChI=1S/C20H23ClN2O3S2/c1-13(18(25)22-9-3-2-7-16(22)8-10-24)23-19(26)17(28-20(23)27)12-14-5-4-6-15(21)11-14/h4-6,11-13,16,24H,2-3,7-10H2,1H3. The number of likely N-dealkylation sites (tertiary alicyclic amines) is 1. The van der Waals surface area contributed by atoms with Crippen molar-refractivity contribution in [1.29, 1.82) is 0 Å². The second-order valence-electron chi connectivity index (χ2n) is 6.98. The van der Waals surface area contributed by atoms with Crippen LogP contribution in [0, 0.1) is 0 Å². The summed E-state index contributed by atoms with van der Waals surface area (Å²) < 4.78 is 0.384. The highest BCUT2D eigenvalue weighted by Crippen LogP contribution is 2.35. The number of hydrogen-bond acceptors (Lipinski definition) is 5. The summed E-state index contributed by atoms with van der Waals surface area (Å²) in [7, 11) is 0. The average Bonchev–Trinajstić information content (AvgIpc) is 2.94. The molecule has 5 nitrogen and oxygen atoms in total. The maximum absolute atomic E-state index is 13.1. The lowest BCUT2D eigenvalue weighted by molar-refractivity contribution is -0.142. The smallest absolute Gasteiger partial charge is 0.266 e. The number of carbonyl (C=O) groups is 2. The van der Waals surface area contributed by atoms with E-state index >= 15 is 0 Å². The van der Waals surface area contributed by atoms with Crippen LogP contribution in [0.3, 0.4) is 0 Å². The lowest BCUT2D eigenvalue weighted by Crippen LogP contribution is -2.53. The molecule has 0 aromatic heterocycles. The number of hydrogen-bond donors (Lipinski definition) is 1. The molecule has 1 aromatic rings. The molecule has 150 valence electrons. The molecule has 2 aliphatic rings. The summed E-state index contributed by atoms with van der Waals surface area (Å²) >= 11 is 12.6. The van der Waals surface area contributed by atoms with Crippen molar-refractivity contribution in [2.24, 2.45) is 0 Å². The number of halogens is 1. The number of rotatable bonds is 5. The summed E-state index contributed by atoms with van der Waals surface area (Å²) in [5.41, 5.74) is 0.811. The number of nitrogens with zero attached hydrogens (tertiary/aromatic N) is 2. The molecule has 3 rings (SSSR count). The number of benzene rings is 1. The monoisotopic (exact) mass is 438 g/mol. The first-order valence-electron chi connectivity index (χ1n) is 9.36. The van der Waals surface area contributed by atoms with Gasteiger partial charge in [-0.15, -0.1) is 0 Å². The van der Waals surface area contributed by atoms with E-state index < -0.39 is 6.04 Å². The second kappa shape index (κ2) is 9.39. The Hall–Kier alpha value is -1.41. The molecule has 0 spiro atoms. The van der Waals surface area contributed by atoms with Crippen LogP contribution in [-0.4, -0.2) is 56.3 Å². The van der Waals surface area contributed by atoms with Crippen molar-refractivity contribution in [3.8, 4) is 0 Å². The van der Waals surface area contributed by atoms with Crippen LogP contribution < -0.4 is 0 Å². The molecule has 0 saturated carbocycles. The first kappa shape index (κ1) is 21.3. The van der Waals surface area contributed by atoms with Crippen molar-refractivity contribution in [3.63, 3.8) is 0 Å². The maximum Gasteiger partial charge on any atom is 0.266 e. The Morgan fingerprint density at radius 2 is 2.25 bits per heavy atom. The summed E-state index contributed by atoms with van der Waals surface area (Å²) in [6.45, 7) is 2.42. The van der Waals surface area contributed by atoms with E-state index in [4.69, 9.17) is 23.8 Å². The molecule has 28 heavy (non-hydrogen) atoms. The van der Waals surface area contributed by atoms with Gasteiger partial charge in [-0.05, 0) is 56.4 Å². The van der Waals surface area contributed by atoms with Gasteiger partial charge in [0.1, 0.15) is 10.4 Å². The molecule has 1 aromatic carbocycles.